The maximum Gasteiger partial charge on any atom is 0.315 e. The molecular formula is C15H17N5O2. The molecule has 3 aromatic heterocycles. The lowest BCUT2D eigenvalue weighted by Gasteiger charge is -2.12. The maximum absolute atomic E-state index is 11.8. The lowest BCUT2D eigenvalue weighted by Crippen LogP contribution is -2.38. The van der Waals surface area contributed by atoms with E-state index in [-0.39, 0.29) is 12.1 Å². The van der Waals surface area contributed by atoms with E-state index in [1.165, 1.54) is 0 Å². The Labute approximate surface area is 127 Å². The molecule has 3 heterocycles. The second-order valence-electron chi connectivity index (χ2n) is 4.93. The first-order valence-electron chi connectivity index (χ1n) is 7.10. The molecule has 0 fully saturated rings. The smallest absolute Gasteiger partial charge is 0.315 e. The summed E-state index contributed by atoms with van der Waals surface area (Å²) in [6.45, 7) is 2.34. The van der Waals surface area contributed by atoms with E-state index in [2.05, 4.69) is 20.8 Å². The molecular weight excluding hydrogens is 282 g/mol. The molecule has 0 unspecified atom stereocenters. The van der Waals surface area contributed by atoms with E-state index in [9.17, 15) is 4.79 Å². The van der Waals surface area contributed by atoms with Gasteiger partial charge in [-0.25, -0.2) is 4.79 Å². The Balaban J connectivity index is 1.49. The Morgan fingerprint density at radius 3 is 3.05 bits per heavy atom. The molecule has 0 spiro atoms. The van der Waals surface area contributed by atoms with Crippen LogP contribution < -0.4 is 10.6 Å². The van der Waals surface area contributed by atoms with Crippen LogP contribution in [0.25, 0.3) is 5.65 Å². The highest BCUT2D eigenvalue weighted by Gasteiger charge is 2.11. The Hall–Kier alpha value is -2.83. The molecule has 0 radical (unpaired) electrons. The van der Waals surface area contributed by atoms with Gasteiger partial charge in [-0.2, -0.15) is 0 Å². The summed E-state index contributed by atoms with van der Waals surface area (Å²) in [4.78, 5) is 11.8. The summed E-state index contributed by atoms with van der Waals surface area (Å²) in [5.74, 6) is 1.54. The highest BCUT2D eigenvalue weighted by Crippen LogP contribution is 2.11. The monoisotopic (exact) mass is 299 g/mol. The fraction of sp³-hybridized carbons (Fsp3) is 0.267. The van der Waals surface area contributed by atoms with Gasteiger partial charge >= 0.3 is 6.03 Å². The largest absolute Gasteiger partial charge is 0.467 e. The van der Waals surface area contributed by atoms with Crippen LogP contribution in [0, 0.1) is 0 Å². The lowest BCUT2D eigenvalue weighted by molar-refractivity contribution is 0.236. The van der Waals surface area contributed by atoms with E-state index in [4.69, 9.17) is 4.42 Å². The molecule has 0 aliphatic rings. The van der Waals surface area contributed by atoms with Crippen LogP contribution in [0.3, 0.4) is 0 Å². The van der Waals surface area contributed by atoms with Crippen molar-refractivity contribution in [1.29, 1.82) is 0 Å². The quantitative estimate of drug-likeness (QED) is 0.754. The van der Waals surface area contributed by atoms with Gasteiger partial charge in [0.25, 0.3) is 0 Å². The molecule has 0 aliphatic carbocycles. The van der Waals surface area contributed by atoms with Crippen LogP contribution in [0.2, 0.25) is 0 Å². The number of urea groups is 1. The highest BCUT2D eigenvalue weighted by molar-refractivity contribution is 5.74. The Bertz CT molecular complexity index is 750. The number of furan rings is 1. The normalized spacial score (nSPS) is 12.2. The van der Waals surface area contributed by atoms with Crippen LogP contribution in [0.4, 0.5) is 4.79 Å². The predicted molar refractivity (Wildman–Crippen MR) is 80.3 cm³/mol. The van der Waals surface area contributed by atoms with Gasteiger partial charge in [-0.15, -0.1) is 10.2 Å². The molecule has 114 valence electrons. The number of nitrogens with zero attached hydrogens (tertiary/aromatic N) is 3. The Kier molecular flexibility index (Phi) is 4.04. The van der Waals surface area contributed by atoms with Crippen molar-refractivity contribution in [3.8, 4) is 0 Å². The standard InChI is InChI=1S/C15H17N5O2/c1-11(12-5-4-10-22-12)17-15(21)16-8-7-14-19-18-13-6-2-3-9-20(13)14/h2-6,9-11H,7-8H2,1H3,(H2,16,17,21)/t11-/m1/s1. The first kappa shape index (κ1) is 14.1. The lowest BCUT2D eigenvalue weighted by atomic mass is 10.2. The number of hydrogen-bond acceptors (Lipinski definition) is 4. The zero-order valence-electron chi connectivity index (χ0n) is 12.2. The van der Waals surface area contributed by atoms with Gasteiger partial charge in [0.05, 0.1) is 12.3 Å². The van der Waals surface area contributed by atoms with E-state index < -0.39 is 0 Å². The third-order valence-corrected chi connectivity index (χ3v) is 3.34. The summed E-state index contributed by atoms with van der Waals surface area (Å²) in [6.07, 6.45) is 4.10. The van der Waals surface area contributed by atoms with Crippen molar-refractivity contribution in [3.63, 3.8) is 0 Å². The second-order valence-corrected chi connectivity index (χ2v) is 4.93. The molecule has 0 aliphatic heterocycles. The number of hydrogen-bond donors (Lipinski definition) is 2. The van der Waals surface area contributed by atoms with Crippen molar-refractivity contribution >= 4 is 11.7 Å². The summed E-state index contributed by atoms with van der Waals surface area (Å²) >= 11 is 0. The zero-order valence-corrected chi connectivity index (χ0v) is 12.2. The summed E-state index contributed by atoms with van der Waals surface area (Å²) < 4.78 is 7.15. The number of pyridine rings is 1. The Morgan fingerprint density at radius 2 is 2.23 bits per heavy atom. The minimum Gasteiger partial charge on any atom is -0.467 e. The van der Waals surface area contributed by atoms with Gasteiger partial charge in [0.2, 0.25) is 0 Å². The number of nitrogens with one attached hydrogen (secondary N) is 2. The molecule has 22 heavy (non-hydrogen) atoms. The summed E-state index contributed by atoms with van der Waals surface area (Å²) in [5.41, 5.74) is 0.799. The number of rotatable bonds is 5. The van der Waals surface area contributed by atoms with Crippen LogP contribution in [0.5, 0.6) is 0 Å². The van der Waals surface area contributed by atoms with Gasteiger partial charge < -0.3 is 15.1 Å². The fourth-order valence-electron chi connectivity index (χ4n) is 2.21. The van der Waals surface area contributed by atoms with E-state index >= 15 is 0 Å². The first-order valence-corrected chi connectivity index (χ1v) is 7.10. The molecule has 7 nitrogen and oxygen atoms in total. The minimum absolute atomic E-state index is 0.177. The Morgan fingerprint density at radius 1 is 1.32 bits per heavy atom. The molecule has 0 saturated heterocycles. The van der Waals surface area contributed by atoms with Crippen molar-refractivity contribution in [3.05, 3.63) is 54.4 Å². The number of carbonyl (C=O) groups is 1. The van der Waals surface area contributed by atoms with Crippen LogP contribution in [-0.2, 0) is 6.42 Å². The van der Waals surface area contributed by atoms with Crippen LogP contribution in [-0.4, -0.2) is 27.2 Å². The minimum atomic E-state index is -0.238. The topological polar surface area (TPSA) is 84.5 Å². The molecule has 3 rings (SSSR count). The number of amides is 2. The van der Waals surface area contributed by atoms with Crippen molar-refractivity contribution in [2.45, 2.75) is 19.4 Å². The van der Waals surface area contributed by atoms with Crippen molar-refractivity contribution in [1.82, 2.24) is 25.2 Å². The van der Waals surface area contributed by atoms with Gasteiger partial charge in [0.15, 0.2) is 5.65 Å². The van der Waals surface area contributed by atoms with Crippen molar-refractivity contribution in [2.24, 2.45) is 0 Å². The molecule has 0 bridgehead atoms. The van der Waals surface area contributed by atoms with Crippen molar-refractivity contribution in [2.75, 3.05) is 6.54 Å². The van der Waals surface area contributed by atoms with E-state index in [1.54, 1.807) is 12.3 Å². The third-order valence-electron chi connectivity index (χ3n) is 3.34. The average molecular weight is 299 g/mol. The number of carbonyl (C=O) groups excluding carboxylic acids is 1. The molecule has 2 N–H and O–H groups in total. The molecule has 7 heteroatoms. The zero-order chi connectivity index (χ0) is 15.4. The summed E-state index contributed by atoms with van der Waals surface area (Å²) in [6, 6.07) is 8.93. The van der Waals surface area contributed by atoms with Crippen molar-refractivity contribution < 1.29 is 9.21 Å². The van der Waals surface area contributed by atoms with Crippen LogP contribution in [0.15, 0.2) is 47.2 Å². The van der Waals surface area contributed by atoms with Gasteiger partial charge in [-0.1, -0.05) is 6.07 Å². The van der Waals surface area contributed by atoms with Crippen LogP contribution in [0.1, 0.15) is 24.6 Å². The molecule has 3 aromatic rings. The molecule has 0 aromatic carbocycles. The van der Waals surface area contributed by atoms with E-state index in [1.807, 2.05) is 41.8 Å². The number of aromatic nitrogens is 3. The molecule has 1 atom stereocenters. The van der Waals surface area contributed by atoms with Gasteiger partial charge in [-0.05, 0) is 31.2 Å². The van der Waals surface area contributed by atoms with Crippen LogP contribution >= 0.6 is 0 Å². The fourth-order valence-corrected chi connectivity index (χ4v) is 2.21. The molecule has 0 saturated carbocycles. The SMILES string of the molecule is C[C@@H](NC(=O)NCCc1nnc2ccccn12)c1ccco1. The maximum atomic E-state index is 11.8. The second kappa shape index (κ2) is 6.30. The average Bonchev–Trinajstić information content (AvgIpc) is 3.17. The first-order chi connectivity index (χ1) is 10.7. The third kappa shape index (κ3) is 3.08. The molecule has 2 amide bonds. The summed E-state index contributed by atoms with van der Waals surface area (Å²) in [5, 5.41) is 13.8. The number of fused-ring (bicyclic) bond motifs is 1. The van der Waals surface area contributed by atoms with Gasteiger partial charge in [-0.3, -0.25) is 4.40 Å². The van der Waals surface area contributed by atoms with Gasteiger partial charge in [0.1, 0.15) is 11.6 Å². The predicted octanol–water partition coefficient (Wildman–Crippen LogP) is 1.93. The summed E-state index contributed by atoms with van der Waals surface area (Å²) in [7, 11) is 0. The van der Waals surface area contributed by atoms with E-state index in [0.29, 0.717) is 13.0 Å². The highest BCUT2D eigenvalue weighted by atomic mass is 16.3. The van der Waals surface area contributed by atoms with Gasteiger partial charge in [0, 0.05) is 19.2 Å². The van der Waals surface area contributed by atoms with E-state index in [0.717, 1.165) is 17.2 Å².